The summed E-state index contributed by atoms with van der Waals surface area (Å²) in [5.41, 5.74) is 8.34. The van der Waals surface area contributed by atoms with Crippen molar-refractivity contribution >= 4 is 87.4 Å². The number of hydrogen-bond acceptors (Lipinski definition) is 5. The molecule has 0 spiro atoms. The summed E-state index contributed by atoms with van der Waals surface area (Å²) in [6, 6.07) is 45.8. The fraction of sp³-hybridized carbons (Fsp3) is 0.0816. The van der Waals surface area contributed by atoms with Crippen LogP contribution in [0, 0.1) is 0 Å². The molecule has 0 saturated carbocycles. The third kappa shape index (κ3) is 4.91. The average molecular weight is 743 g/mol. The number of fused-ring (bicyclic) bond motifs is 10. The molecule has 6 aromatic carbocycles. The minimum atomic E-state index is -0.142. The second-order valence-electron chi connectivity index (χ2n) is 14.8. The normalized spacial score (nSPS) is 14.0. The fourth-order valence-electron chi connectivity index (χ4n) is 8.60. The Bertz CT molecular complexity index is 3360. The number of benzene rings is 6. The van der Waals surface area contributed by atoms with Crippen LogP contribution in [0.3, 0.4) is 0 Å². The van der Waals surface area contributed by atoms with Gasteiger partial charge < -0.3 is 0 Å². The molecule has 11 rings (SSSR count). The number of thiophene rings is 2. The molecule has 0 radical (unpaired) electrons. The molecule has 10 aromatic rings. The Morgan fingerprint density at radius 2 is 1.33 bits per heavy atom. The minimum Gasteiger partial charge on any atom is -0.278 e. The molecule has 0 unspecified atom stereocenters. The summed E-state index contributed by atoms with van der Waals surface area (Å²) in [4.78, 5) is 15.8. The zero-order valence-corrected chi connectivity index (χ0v) is 32.0. The standard InChI is InChI=1S/C49H34N4S2/c1-29-30-15-6-10-24-43(30)54-42(29)23-12-13-26-45-50-47(35-20-14-19-34-33-18-7-11-25-44(33)55-46(34)35)52-48(51-45)53-40-22-9-5-17-32(40)37-27-36-31-16-4-8-21-38(31)49(2,3)39(36)28-41(37)53/h4-25,27-28H,1,26H2,2-3H3/b13-12-,42-23+. The molecule has 4 aromatic heterocycles. The number of rotatable bonds is 5. The van der Waals surface area contributed by atoms with Crippen molar-refractivity contribution in [2.24, 2.45) is 0 Å². The van der Waals surface area contributed by atoms with Crippen LogP contribution in [0.4, 0.5) is 0 Å². The number of nitrogens with zero attached hydrogens (tertiary/aromatic N) is 4. The Balaban J connectivity index is 1.12. The molecule has 55 heavy (non-hydrogen) atoms. The molecular formula is C49H34N4S2. The van der Waals surface area contributed by atoms with Crippen molar-refractivity contribution in [2.75, 3.05) is 0 Å². The first kappa shape index (κ1) is 32.2. The van der Waals surface area contributed by atoms with E-state index in [1.165, 1.54) is 63.3 Å². The highest BCUT2D eigenvalue weighted by Gasteiger charge is 2.36. The summed E-state index contributed by atoms with van der Waals surface area (Å²) in [5.74, 6) is 2.02. The zero-order valence-electron chi connectivity index (χ0n) is 30.4. The Hall–Kier alpha value is -6.21. The topological polar surface area (TPSA) is 43.6 Å². The quantitative estimate of drug-likeness (QED) is 0.176. The summed E-state index contributed by atoms with van der Waals surface area (Å²) >= 11 is 3.56. The summed E-state index contributed by atoms with van der Waals surface area (Å²) < 4.78 is 7.10. The number of allylic oxidation sites excluding steroid dienone is 2. The van der Waals surface area contributed by atoms with Gasteiger partial charge in [0, 0.05) is 57.6 Å². The molecule has 1 aliphatic carbocycles. The van der Waals surface area contributed by atoms with Gasteiger partial charge in [0.1, 0.15) is 5.82 Å². The molecule has 0 aliphatic heterocycles. The zero-order chi connectivity index (χ0) is 36.8. The predicted octanol–water partition coefficient (Wildman–Crippen LogP) is 11.5. The second kappa shape index (κ2) is 12.2. The molecule has 6 heteroatoms. The van der Waals surface area contributed by atoms with Crippen molar-refractivity contribution in [1.29, 1.82) is 0 Å². The van der Waals surface area contributed by atoms with E-state index >= 15 is 0 Å². The van der Waals surface area contributed by atoms with Crippen molar-refractivity contribution in [3.05, 3.63) is 166 Å². The van der Waals surface area contributed by atoms with E-state index in [0.717, 1.165) is 26.3 Å². The van der Waals surface area contributed by atoms with E-state index in [4.69, 9.17) is 15.0 Å². The van der Waals surface area contributed by atoms with Gasteiger partial charge in [0.2, 0.25) is 5.95 Å². The number of aromatic nitrogens is 4. The highest BCUT2D eigenvalue weighted by Crippen LogP contribution is 2.51. The predicted molar refractivity (Wildman–Crippen MR) is 234 cm³/mol. The second-order valence-corrected chi connectivity index (χ2v) is 17.0. The van der Waals surface area contributed by atoms with Crippen LogP contribution in [-0.4, -0.2) is 19.5 Å². The molecule has 1 aliphatic rings. The third-order valence-corrected chi connectivity index (χ3v) is 13.7. The van der Waals surface area contributed by atoms with Crippen LogP contribution < -0.4 is 9.75 Å². The van der Waals surface area contributed by atoms with Crippen LogP contribution in [-0.2, 0) is 11.8 Å². The van der Waals surface area contributed by atoms with Crippen molar-refractivity contribution in [3.8, 4) is 28.5 Å². The van der Waals surface area contributed by atoms with Gasteiger partial charge in [-0.25, -0.2) is 4.98 Å². The van der Waals surface area contributed by atoms with Crippen LogP contribution in [0.1, 0.15) is 30.8 Å². The number of hydrogen-bond donors (Lipinski definition) is 0. The van der Waals surface area contributed by atoms with Crippen molar-refractivity contribution < 1.29 is 0 Å². The lowest BCUT2D eigenvalue weighted by atomic mass is 9.82. The van der Waals surface area contributed by atoms with Gasteiger partial charge in [-0.15, -0.1) is 22.7 Å². The molecule has 262 valence electrons. The summed E-state index contributed by atoms with van der Waals surface area (Å²) in [7, 11) is 0. The van der Waals surface area contributed by atoms with Crippen molar-refractivity contribution in [1.82, 2.24) is 19.5 Å². The molecule has 4 nitrogen and oxygen atoms in total. The maximum Gasteiger partial charge on any atom is 0.238 e. The lowest BCUT2D eigenvalue weighted by Gasteiger charge is -2.21. The highest BCUT2D eigenvalue weighted by atomic mass is 32.1. The molecule has 0 saturated heterocycles. The monoisotopic (exact) mass is 742 g/mol. The third-order valence-electron chi connectivity index (χ3n) is 11.3. The molecule has 0 atom stereocenters. The van der Waals surface area contributed by atoms with E-state index in [2.05, 4.69) is 171 Å². The Labute approximate surface area is 325 Å². The van der Waals surface area contributed by atoms with E-state index in [1.54, 1.807) is 22.7 Å². The molecule has 0 amide bonds. The molecule has 4 heterocycles. The van der Waals surface area contributed by atoms with Crippen molar-refractivity contribution in [2.45, 2.75) is 25.7 Å². The van der Waals surface area contributed by atoms with Gasteiger partial charge in [-0.1, -0.05) is 124 Å². The average Bonchev–Trinajstić information content (AvgIpc) is 3.92. The first-order valence-corrected chi connectivity index (χ1v) is 20.2. The summed E-state index contributed by atoms with van der Waals surface area (Å²) in [6.45, 7) is 9.04. The molecule has 0 N–H and O–H groups in total. The maximum atomic E-state index is 5.36. The lowest BCUT2D eigenvalue weighted by molar-refractivity contribution is 0.661. The van der Waals surface area contributed by atoms with E-state index in [0.29, 0.717) is 24.0 Å². The van der Waals surface area contributed by atoms with E-state index < -0.39 is 0 Å². The largest absolute Gasteiger partial charge is 0.278 e. The SMILES string of the molecule is C=c1/c(=C\C=C/Cc2nc(-c3cccc4c3sc3ccccc34)nc(-n3c4ccccc4c4cc5c(cc43)C(C)(C)c3ccccc3-5)n2)sc2ccccc12. The van der Waals surface area contributed by atoms with E-state index in [1.807, 2.05) is 0 Å². The molecule has 0 bridgehead atoms. The maximum absolute atomic E-state index is 5.36. The van der Waals surface area contributed by atoms with Crippen LogP contribution in [0.15, 0.2) is 140 Å². The molecule has 0 fully saturated rings. The molecular weight excluding hydrogens is 709 g/mol. The van der Waals surface area contributed by atoms with Gasteiger partial charge in [-0.3, -0.25) is 4.57 Å². The first-order valence-electron chi connectivity index (χ1n) is 18.6. The van der Waals surface area contributed by atoms with Crippen LogP contribution in [0.5, 0.6) is 0 Å². The minimum absolute atomic E-state index is 0.142. The van der Waals surface area contributed by atoms with E-state index in [-0.39, 0.29) is 5.41 Å². The lowest BCUT2D eigenvalue weighted by Crippen LogP contribution is -2.15. The fourth-order valence-corrected chi connectivity index (χ4v) is 10.9. The van der Waals surface area contributed by atoms with Gasteiger partial charge in [-0.2, -0.15) is 9.97 Å². The van der Waals surface area contributed by atoms with Crippen LogP contribution in [0.25, 0.3) is 93.2 Å². The van der Waals surface area contributed by atoms with Crippen molar-refractivity contribution in [3.63, 3.8) is 0 Å². The van der Waals surface area contributed by atoms with Gasteiger partial charge >= 0.3 is 0 Å². The highest BCUT2D eigenvalue weighted by molar-refractivity contribution is 7.26. The number of para-hydroxylation sites is 1. The Kier molecular flexibility index (Phi) is 7.12. The summed E-state index contributed by atoms with van der Waals surface area (Å²) in [5, 5.41) is 7.12. The van der Waals surface area contributed by atoms with Gasteiger partial charge in [0.25, 0.3) is 0 Å². The van der Waals surface area contributed by atoms with Crippen LogP contribution >= 0.6 is 22.7 Å². The van der Waals surface area contributed by atoms with Gasteiger partial charge in [-0.05, 0) is 75.3 Å². The van der Waals surface area contributed by atoms with Gasteiger partial charge in [0.15, 0.2) is 5.82 Å². The van der Waals surface area contributed by atoms with Crippen LogP contribution in [0.2, 0.25) is 0 Å². The van der Waals surface area contributed by atoms with Gasteiger partial charge in [0.05, 0.1) is 11.0 Å². The Morgan fingerprint density at radius 1 is 0.618 bits per heavy atom. The smallest absolute Gasteiger partial charge is 0.238 e. The summed E-state index contributed by atoms with van der Waals surface area (Å²) in [6.07, 6.45) is 6.96. The Morgan fingerprint density at radius 3 is 2.18 bits per heavy atom. The first-order chi connectivity index (χ1) is 26.9. The van der Waals surface area contributed by atoms with E-state index in [9.17, 15) is 0 Å².